The third-order valence-corrected chi connectivity index (χ3v) is 7.03. The standard InChI is InChI=1S/C32H21N3O6/c36-26-12-13-27(37)33(26)24-8-4-20(5-9-24)18-22-2-1-3-23(32(22)35-30(40)16-17-31(35)41)19-21-6-10-25(11-7-21)34-28(38)14-15-29(34)39/h1-17H,18-19H2. The number of carbonyl (C=O) groups is 6. The van der Waals surface area contributed by atoms with E-state index in [-0.39, 0.29) is 0 Å². The second-order valence-electron chi connectivity index (χ2n) is 9.65. The van der Waals surface area contributed by atoms with Crippen molar-refractivity contribution in [3.8, 4) is 0 Å². The smallest absolute Gasteiger partial charge is 0.258 e. The first-order chi connectivity index (χ1) is 19.8. The van der Waals surface area contributed by atoms with Crippen molar-refractivity contribution in [2.24, 2.45) is 0 Å². The maximum Gasteiger partial charge on any atom is 0.258 e. The van der Waals surface area contributed by atoms with E-state index in [0.29, 0.717) is 29.9 Å². The first-order valence-corrected chi connectivity index (χ1v) is 12.8. The second-order valence-corrected chi connectivity index (χ2v) is 9.65. The summed E-state index contributed by atoms with van der Waals surface area (Å²) in [4.78, 5) is 77.0. The van der Waals surface area contributed by atoms with Crippen LogP contribution in [0.4, 0.5) is 17.1 Å². The molecule has 9 heteroatoms. The van der Waals surface area contributed by atoms with E-state index in [9.17, 15) is 28.8 Å². The summed E-state index contributed by atoms with van der Waals surface area (Å²) in [5.74, 6) is -2.49. The number of anilines is 3. The molecule has 0 saturated carbocycles. The largest absolute Gasteiger partial charge is 0.269 e. The van der Waals surface area contributed by atoms with Gasteiger partial charge in [0.1, 0.15) is 0 Å². The number of para-hydroxylation sites is 1. The lowest BCUT2D eigenvalue weighted by molar-refractivity contribution is -0.121. The van der Waals surface area contributed by atoms with Gasteiger partial charge in [0.15, 0.2) is 0 Å². The molecule has 0 aliphatic carbocycles. The molecule has 3 aromatic rings. The van der Waals surface area contributed by atoms with Crippen LogP contribution in [0.3, 0.4) is 0 Å². The molecule has 0 spiro atoms. The van der Waals surface area contributed by atoms with Gasteiger partial charge in [0.2, 0.25) is 0 Å². The lowest BCUT2D eigenvalue weighted by atomic mass is 9.95. The molecule has 3 aliphatic heterocycles. The van der Waals surface area contributed by atoms with Crippen molar-refractivity contribution in [1.82, 2.24) is 0 Å². The molecule has 6 amide bonds. The molecule has 0 fully saturated rings. The summed E-state index contributed by atoms with van der Waals surface area (Å²) in [6.07, 6.45) is 8.14. The molecule has 3 heterocycles. The van der Waals surface area contributed by atoms with Gasteiger partial charge in [0.05, 0.1) is 17.1 Å². The minimum absolute atomic E-state index is 0.381. The van der Waals surface area contributed by atoms with Crippen molar-refractivity contribution in [2.45, 2.75) is 12.8 Å². The van der Waals surface area contributed by atoms with E-state index in [0.717, 1.165) is 37.0 Å². The molecular weight excluding hydrogens is 522 g/mol. The number of imide groups is 3. The van der Waals surface area contributed by atoms with Crippen molar-refractivity contribution in [3.63, 3.8) is 0 Å². The summed E-state index contributed by atoms with van der Waals surface area (Å²) in [5, 5.41) is 0. The van der Waals surface area contributed by atoms with Crippen molar-refractivity contribution in [3.05, 3.63) is 125 Å². The average Bonchev–Trinajstić information content (AvgIpc) is 3.60. The zero-order valence-electron chi connectivity index (χ0n) is 21.5. The third kappa shape index (κ3) is 4.70. The van der Waals surface area contributed by atoms with Crippen LogP contribution in [-0.4, -0.2) is 35.4 Å². The van der Waals surface area contributed by atoms with E-state index in [1.807, 2.05) is 18.2 Å². The summed E-state index contributed by atoms with van der Waals surface area (Å²) in [5.41, 5.74) is 4.58. The molecule has 0 aromatic heterocycles. The Morgan fingerprint density at radius 2 is 0.707 bits per heavy atom. The second kappa shape index (κ2) is 10.1. The molecule has 0 unspecified atom stereocenters. The SMILES string of the molecule is O=C1C=CC(=O)N1c1ccc(Cc2cccc(Cc3ccc(N4C(=O)C=CC4=O)cc3)c2N2C(=O)C=CC2=O)cc1. The fraction of sp³-hybridized carbons (Fsp3) is 0.0625. The zero-order valence-corrected chi connectivity index (χ0v) is 21.5. The monoisotopic (exact) mass is 543 g/mol. The Morgan fingerprint density at radius 3 is 1.05 bits per heavy atom. The number of hydrogen-bond acceptors (Lipinski definition) is 6. The summed E-state index contributed by atoms with van der Waals surface area (Å²) < 4.78 is 0. The van der Waals surface area contributed by atoms with Gasteiger partial charge in [0.25, 0.3) is 35.4 Å². The number of hydrogen-bond donors (Lipinski definition) is 0. The molecule has 0 saturated heterocycles. The molecule has 0 N–H and O–H groups in total. The molecular formula is C32H21N3O6. The van der Waals surface area contributed by atoms with Crippen LogP contribution in [0.5, 0.6) is 0 Å². The summed E-state index contributed by atoms with van der Waals surface area (Å²) >= 11 is 0. The van der Waals surface area contributed by atoms with E-state index in [1.54, 1.807) is 48.5 Å². The minimum Gasteiger partial charge on any atom is -0.269 e. The van der Waals surface area contributed by atoms with Gasteiger partial charge in [-0.1, -0.05) is 42.5 Å². The highest BCUT2D eigenvalue weighted by molar-refractivity contribution is 6.29. The van der Waals surface area contributed by atoms with E-state index in [1.165, 1.54) is 36.5 Å². The topological polar surface area (TPSA) is 112 Å². The van der Waals surface area contributed by atoms with E-state index >= 15 is 0 Å². The first kappa shape index (κ1) is 25.6. The Kier molecular flexibility index (Phi) is 6.31. The van der Waals surface area contributed by atoms with Gasteiger partial charge in [-0.2, -0.15) is 0 Å². The van der Waals surface area contributed by atoms with Gasteiger partial charge in [-0.05, 0) is 59.4 Å². The molecule has 3 aromatic carbocycles. The highest BCUT2D eigenvalue weighted by atomic mass is 16.2. The molecule has 0 bridgehead atoms. The fourth-order valence-electron chi connectivity index (χ4n) is 5.11. The molecule has 9 nitrogen and oxygen atoms in total. The van der Waals surface area contributed by atoms with Gasteiger partial charge in [-0.3, -0.25) is 28.8 Å². The molecule has 0 atom stereocenters. The predicted octanol–water partition coefficient (Wildman–Crippen LogP) is 3.16. The van der Waals surface area contributed by atoms with E-state index in [4.69, 9.17) is 0 Å². The van der Waals surface area contributed by atoms with Crippen LogP contribution in [0.25, 0.3) is 0 Å². The van der Waals surface area contributed by atoms with Crippen molar-refractivity contribution in [1.29, 1.82) is 0 Å². The third-order valence-electron chi connectivity index (χ3n) is 7.03. The van der Waals surface area contributed by atoms with Crippen LogP contribution in [0.2, 0.25) is 0 Å². The highest BCUT2D eigenvalue weighted by Crippen LogP contribution is 2.33. The Labute approximate surface area is 234 Å². The molecule has 6 rings (SSSR count). The Hall–Kier alpha value is -5.70. The van der Waals surface area contributed by atoms with Crippen LogP contribution in [0.1, 0.15) is 22.3 Å². The minimum atomic E-state index is -0.438. The maximum atomic E-state index is 12.8. The molecule has 3 aliphatic rings. The fourth-order valence-corrected chi connectivity index (χ4v) is 5.11. The number of rotatable bonds is 7. The number of nitrogens with zero attached hydrogens (tertiary/aromatic N) is 3. The lowest BCUT2D eigenvalue weighted by Gasteiger charge is -2.23. The number of carbonyl (C=O) groups excluding carboxylic acids is 6. The molecule has 0 radical (unpaired) electrons. The van der Waals surface area contributed by atoms with Crippen LogP contribution in [-0.2, 0) is 41.6 Å². The predicted molar refractivity (Wildman–Crippen MR) is 150 cm³/mol. The van der Waals surface area contributed by atoms with Crippen molar-refractivity contribution < 1.29 is 28.8 Å². The molecule has 41 heavy (non-hydrogen) atoms. The van der Waals surface area contributed by atoms with Gasteiger partial charge >= 0.3 is 0 Å². The quantitative estimate of drug-likeness (QED) is 0.423. The van der Waals surface area contributed by atoms with Crippen LogP contribution >= 0.6 is 0 Å². The summed E-state index contributed by atoms with van der Waals surface area (Å²) in [6.45, 7) is 0. The van der Waals surface area contributed by atoms with Crippen LogP contribution in [0.15, 0.2) is 103 Å². The normalized spacial score (nSPS) is 16.3. The Balaban J connectivity index is 1.30. The number of benzene rings is 3. The zero-order chi connectivity index (χ0) is 28.7. The number of amides is 6. The van der Waals surface area contributed by atoms with Crippen LogP contribution < -0.4 is 14.7 Å². The Bertz CT molecular complexity index is 1590. The first-order valence-electron chi connectivity index (χ1n) is 12.8. The van der Waals surface area contributed by atoms with E-state index < -0.39 is 35.4 Å². The van der Waals surface area contributed by atoms with Crippen molar-refractivity contribution in [2.75, 3.05) is 14.7 Å². The average molecular weight is 544 g/mol. The van der Waals surface area contributed by atoms with Crippen molar-refractivity contribution >= 4 is 52.5 Å². The summed E-state index contributed by atoms with van der Waals surface area (Å²) in [7, 11) is 0. The van der Waals surface area contributed by atoms with Gasteiger partial charge in [0, 0.05) is 36.5 Å². The van der Waals surface area contributed by atoms with Crippen LogP contribution in [0, 0.1) is 0 Å². The Morgan fingerprint density at radius 1 is 0.390 bits per heavy atom. The highest BCUT2D eigenvalue weighted by Gasteiger charge is 2.30. The van der Waals surface area contributed by atoms with E-state index in [2.05, 4.69) is 0 Å². The lowest BCUT2D eigenvalue weighted by Crippen LogP contribution is -2.31. The van der Waals surface area contributed by atoms with Gasteiger partial charge < -0.3 is 0 Å². The van der Waals surface area contributed by atoms with Gasteiger partial charge in [-0.15, -0.1) is 0 Å². The molecule has 200 valence electrons. The maximum absolute atomic E-state index is 12.8. The van der Waals surface area contributed by atoms with Gasteiger partial charge in [-0.25, -0.2) is 14.7 Å². The summed E-state index contributed by atoms with van der Waals surface area (Å²) in [6, 6.07) is 19.5.